The Labute approximate surface area is 102 Å². The predicted molar refractivity (Wildman–Crippen MR) is 67.5 cm³/mol. The number of phenols is 1. The summed E-state index contributed by atoms with van der Waals surface area (Å²) in [6.07, 6.45) is -0.414. The molecule has 4 heteroatoms. The standard InChI is InChI=1S/C13H19NO3/c1-9-8-10(6-7-11(9)15)14(5)12(16)17-13(2,3)4/h6-8,15H,1-5H3. The zero-order chi connectivity index (χ0) is 13.2. The zero-order valence-corrected chi connectivity index (χ0v) is 10.9. The molecule has 94 valence electrons. The van der Waals surface area contributed by atoms with Crippen molar-refractivity contribution < 1.29 is 14.6 Å². The minimum atomic E-state index is -0.517. The monoisotopic (exact) mass is 237 g/mol. The molecule has 1 N–H and O–H groups in total. The lowest BCUT2D eigenvalue weighted by Gasteiger charge is -2.24. The Balaban J connectivity index is 2.85. The van der Waals surface area contributed by atoms with Crippen LogP contribution in [0.4, 0.5) is 10.5 Å². The van der Waals surface area contributed by atoms with Crippen LogP contribution in [0, 0.1) is 6.92 Å². The second-order valence-corrected chi connectivity index (χ2v) is 5.01. The van der Waals surface area contributed by atoms with E-state index in [9.17, 15) is 9.90 Å². The van der Waals surface area contributed by atoms with Crippen LogP contribution in [0.1, 0.15) is 26.3 Å². The van der Waals surface area contributed by atoms with Crippen LogP contribution < -0.4 is 4.90 Å². The molecule has 0 radical (unpaired) electrons. The maximum Gasteiger partial charge on any atom is 0.414 e. The van der Waals surface area contributed by atoms with E-state index in [-0.39, 0.29) is 5.75 Å². The summed E-state index contributed by atoms with van der Waals surface area (Å²) in [5, 5.41) is 9.42. The lowest BCUT2D eigenvalue weighted by Crippen LogP contribution is -2.34. The minimum absolute atomic E-state index is 0.214. The maximum atomic E-state index is 11.8. The van der Waals surface area contributed by atoms with Crippen molar-refractivity contribution in [1.29, 1.82) is 0 Å². The van der Waals surface area contributed by atoms with Crippen molar-refractivity contribution in [3.63, 3.8) is 0 Å². The number of nitrogens with zero attached hydrogens (tertiary/aromatic N) is 1. The number of hydrogen-bond donors (Lipinski definition) is 1. The van der Waals surface area contributed by atoms with Crippen LogP contribution in [-0.4, -0.2) is 23.8 Å². The highest BCUT2D eigenvalue weighted by Crippen LogP contribution is 2.23. The molecule has 0 aliphatic rings. The molecule has 4 nitrogen and oxygen atoms in total. The third-order valence-electron chi connectivity index (χ3n) is 2.24. The van der Waals surface area contributed by atoms with Gasteiger partial charge in [-0.1, -0.05) is 0 Å². The lowest BCUT2D eigenvalue weighted by atomic mass is 10.2. The molecule has 0 aliphatic carbocycles. The average Bonchev–Trinajstić information content (AvgIpc) is 2.18. The molecule has 1 aromatic carbocycles. The second-order valence-electron chi connectivity index (χ2n) is 5.01. The van der Waals surface area contributed by atoms with Gasteiger partial charge in [-0.15, -0.1) is 0 Å². The minimum Gasteiger partial charge on any atom is -0.508 e. The first kappa shape index (κ1) is 13.4. The molecule has 0 heterocycles. The van der Waals surface area contributed by atoms with E-state index < -0.39 is 11.7 Å². The molecule has 0 bridgehead atoms. The number of anilines is 1. The van der Waals surface area contributed by atoms with Crippen molar-refractivity contribution in [3.05, 3.63) is 23.8 Å². The SMILES string of the molecule is Cc1cc(N(C)C(=O)OC(C)(C)C)ccc1O. The first-order chi connectivity index (χ1) is 7.70. The van der Waals surface area contributed by atoms with Crippen LogP contribution in [0.3, 0.4) is 0 Å². The Hall–Kier alpha value is -1.71. The van der Waals surface area contributed by atoms with E-state index in [2.05, 4.69) is 0 Å². The quantitative estimate of drug-likeness (QED) is 0.816. The van der Waals surface area contributed by atoms with Crippen molar-refractivity contribution in [2.75, 3.05) is 11.9 Å². The van der Waals surface area contributed by atoms with Gasteiger partial charge in [0.05, 0.1) is 0 Å². The van der Waals surface area contributed by atoms with Crippen molar-refractivity contribution in [1.82, 2.24) is 0 Å². The molecule has 1 aromatic rings. The van der Waals surface area contributed by atoms with Crippen molar-refractivity contribution >= 4 is 11.8 Å². The Morgan fingerprint density at radius 1 is 1.35 bits per heavy atom. The molecule has 0 aromatic heterocycles. The van der Waals surface area contributed by atoms with Crippen LogP contribution in [0.15, 0.2) is 18.2 Å². The van der Waals surface area contributed by atoms with E-state index >= 15 is 0 Å². The summed E-state index contributed by atoms with van der Waals surface area (Å²) < 4.78 is 5.25. The average molecular weight is 237 g/mol. The van der Waals surface area contributed by atoms with E-state index in [1.807, 2.05) is 20.8 Å². The molecule has 17 heavy (non-hydrogen) atoms. The van der Waals surface area contributed by atoms with E-state index in [1.54, 1.807) is 32.2 Å². The number of carbonyl (C=O) groups is 1. The highest BCUT2D eigenvalue weighted by molar-refractivity contribution is 5.87. The summed E-state index contributed by atoms with van der Waals surface area (Å²) in [5.74, 6) is 0.214. The molecule has 0 fully saturated rings. The lowest BCUT2D eigenvalue weighted by molar-refractivity contribution is 0.0589. The number of benzene rings is 1. The maximum absolute atomic E-state index is 11.8. The van der Waals surface area contributed by atoms with E-state index in [4.69, 9.17) is 4.74 Å². The van der Waals surface area contributed by atoms with Crippen molar-refractivity contribution in [2.24, 2.45) is 0 Å². The zero-order valence-electron chi connectivity index (χ0n) is 10.9. The first-order valence-electron chi connectivity index (χ1n) is 5.47. The van der Waals surface area contributed by atoms with Gasteiger partial charge in [-0.3, -0.25) is 4.90 Å². The third-order valence-corrected chi connectivity index (χ3v) is 2.24. The largest absolute Gasteiger partial charge is 0.508 e. The number of aromatic hydroxyl groups is 1. The number of ether oxygens (including phenoxy) is 1. The normalized spacial score (nSPS) is 11.1. The molecule has 0 atom stereocenters. The van der Waals surface area contributed by atoms with Crippen LogP contribution >= 0.6 is 0 Å². The van der Waals surface area contributed by atoms with Crippen molar-refractivity contribution in [3.8, 4) is 5.75 Å². The molecule has 0 spiro atoms. The molecular weight excluding hydrogens is 218 g/mol. The fourth-order valence-electron chi connectivity index (χ4n) is 1.28. The molecule has 1 amide bonds. The smallest absolute Gasteiger partial charge is 0.414 e. The van der Waals surface area contributed by atoms with Gasteiger partial charge in [0, 0.05) is 12.7 Å². The van der Waals surface area contributed by atoms with E-state index in [0.717, 1.165) is 5.56 Å². The van der Waals surface area contributed by atoms with Gasteiger partial charge in [0.25, 0.3) is 0 Å². The third kappa shape index (κ3) is 3.66. The molecule has 0 unspecified atom stereocenters. The number of rotatable bonds is 1. The van der Waals surface area contributed by atoms with Crippen LogP contribution in [0.25, 0.3) is 0 Å². The van der Waals surface area contributed by atoms with Gasteiger partial charge in [-0.25, -0.2) is 4.79 Å². The molecular formula is C13H19NO3. The summed E-state index contributed by atoms with van der Waals surface area (Å²) in [5.41, 5.74) is 0.893. The summed E-state index contributed by atoms with van der Waals surface area (Å²) in [7, 11) is 1.64. The predicted octanol–water partition coefficient (Wildman–Crippen LogP) is 3.07. The number of phenolic OH excluding ortho intramolecular Hbond substituents is 1. The number of aryl methyl sites for hydroxylation is 1. The summed E-state index contributed by atoms with van der Waals surface area (Å²) in [6.45, 7) is 7.24. The Kier molecular flexibility index (Phi) is 3.66. The van der Waals surface area contributed by atoms with Crippen molar-refractivity contribution in [2.45, 2.75) is 33.3 Å². The summed E-state index contributed by atoms with van der Waals surface area (Å²) >= 11 is 0. The highest BCUT2D eigenvalue weighted by Gasteiger charge is 2.20. The molecule has 0 aliphatic heterocycles. The van der Waals surface area contributed by atoms with Gasteiger partial charge in [0.15, 0.2) is 0 Å². The van der Waals surface area contributed by atoms with Crippen LogP contribution in [0.2, 0.25) is 0 Å². The number of hydrogen-bond acceptors (Lipinski definition) is 3. The van der Waals surface area contributed by atoms with E-state index in [0.29, 0.717) is 5.69 Å². The Morgan fingerprint density at radius 3 is 2.41 bits per heavy atom. The van der Waals surface area contributed by atoms with Gasteiger partial charge < -0.3 is 9.84 Å². The second kappa shape index (κ2) is 4.65. The fraction of sp³-hybridized carbons (Fsp3) is 0.462. The van der Waals surface area contributed by atoms with Gasteiger partial charge in [0.2, 0.25) is 0 Å². The van der Waals surface area contributed by atoms with Crippen LogP contribution in [0.5, 0.6) is 5.75 Å². The van der Waals surface area contributed by atoms with Crippen LogP contribution in [-0.2, 0) is 4.74 Å². The Morgan fingerprint density at radius 2 is 1.94 bits per heavy atom. The van der Waals surface area contributed by atoms with Gasteiger partial charge in [0.1, 0.15) is 11.4 Å². The topological polar surface area (TPSA) is 49.8 Å². The molecule has 1 rings (SSSR count). The van der Waals surface area contributed by atoms with Gasteiger partial charge in [-0.2, -0.15) is 0 Å². The highest BCUT2D eigenvalue weighted by atomic mass is 16.6. The van der Waals surface area contributed by atoms with E-state index in [1.165, 1.54) is 4.90 Å². The Bertz CT molecular complexity index is 421. The number of carbonyl (C=O) groups excluding carboxylic acids is 1. The molecule has 0 saturated heterocycles. The molecule has 0 saturated carbocycles. The number of amides is 1. The first-order valence-corrected chi connectivity index (χ1v) is 5.47. The van der Waals surface area contributed by atoms with Gasteiger partial charge >= 0.3 is 6.09 Å². The van der Waals surface area contributed by atoms with Gasteiger partial charge in [-0.05, 0) is 51.5 Å². The fourth-order valence-corrected chi connectivity index (χ4v) is 1.28. The summed E-state index contributed by atoms with van der Waals surface area (Å²) in [6, 6.07) is 4.97. The summed E-state index contributed by atoms with van der Waals surface area (Å²) in [4.78, 5) is 13.2.